The van der Waals surface area contributed by atoms with Crippen LogP contribution in [-0.4, -0.2) is 19.2 Å². The summed E-state index contributed by atoms with van der Waals surface area (Å²) < 4.78 is 24.4. The van der Waals surface area contributed by atoms with Crippen molar-refractivity contribution in [1.82, 2.24) is 4.98 Å². The lowest BCUT2D eigenvalue weighted by atomic mass is 10.0. The normalized spacial score (nSPS) is 11.4. The van der Waals surface area contributed by atoms with Gasteiger partial charge in [0.15, 0.2) is 9.84 Å². The maximum atomic E-state index is 12.2. The number of nitrogens with zero attached hydrogens (tertiary/aromatic N) is 2. The van der Waals surface area contributed by atoms with Crippen molar-refractivity contribution in [1.29, 1.82) is 5.26 Å². The van der Waals surface area contributed by atoms with E-state index in [1.165, 1.54) is 6.07 Å². The molecule has 0 saturated heterocycles. The quantitative estimate of drug-likeness (QED) is 0.728. The Morgan fingerprint density at radius 1 is 1.04 bits per heavy atom. The highest BCUT2D eigenvalue weighted by atomic mass is 32.2. The summed E-state index contributed by atoms with van der Waals surface area (Å²) in [6.07, 6.45) is 0. The van der Waals surface area contributed by atoms with E-state index in [1.54, 1.807) is 19.1 Å². The van der Waals surface area contributed by atoms with Crippen molar-refractivity contribution < 1.29 is 8.42 Å². The van der Waals surface area contributed by atoms with Gasteiger partial charge in [-0.3, -0.25) is 4.98 Å². The molecule has 0 spiro atoms. The predicted molar refractivity (Wildman–Crippen MR) is 94.4 cm³/mol. The van der Waals surface area contributed by atoms with E-state index >= 15 is 0 Å². The summed E-state index contributed by atoms with van der Waals surface area (Å²) in [6, 6.07) is 16.5. The molecule has 4 nitrogen and oxygen atoms in total. The molecule has 24 heavy (non-hydrogen) atoms. The number of rotatable bonds is 3. The lowest BCUT2D eigenvalue weighted by Gasteiger charge is -2.08. The molecule has 5 heteroatoms. The van der Waals surface area contributed by atoms with Crippen LogP contribution in [0, 0.1) is 18.3 Å². The molecule has 0 atom stereocenters. The molecule has 0 bridgehead atoms. The van der Waals surface area contributed by atoms with E-state index in [1.807, 2.05) is 43.3 Å². The first-order valence-electron chi connectivity index (χ1n) is 7.58. The third kappa shape index (κ3) is 3.01. The third-order valence-corrected chi connectivity index (χ3v) is 5.65. The van der Waals surface area contributed by atoms with Gasteiger partial charge in [0.1, 0.15) is 0 Å². The van der Waals surface area contributed by atoms with Crippen LogP contribution in [0.25, 0.3) is 22.0 Å². The van der Waals surface area contributed by atoms with Gasteiger partial charge in [-0.2, -0.15) is 5.26 Å². The number of hydrogen-bond acceptors (Lipinski definition) is 4. The van der Waals surface area contributed by atoms with E-state index in [2.05, 4.69) is 4.98 Å². The molecule has 3 aromatic rings. The van der Waals surface area contributed by atoms with E-state index in [4.69, 9.17) is 0 Å². The van der Waals surface area contributed by atoms with Gasteiger partial charge in [-0.25, -0.2) is 8.42 Å². The minimum absolute atomic E-state index is 0.000206. The molecule has 3 rings (SSSR count). The summed E-state index contributed by atoms with van der Waals surface area (Å²) in [5.41, 5.74) is 3.63. The zero-order chi connectivity index (χ0) is 17.3. The Labute approximate surface area is 141 Å². The summed E-state index contributed by atoms with van der Waals surface area (Å²) in [5, 5.41) is 10.2. The molecular weight excluding hydrogens is 320 g/mol. The average molecular weight is 336 g/mol. The van der Waals surface area contributed by atoms with Gasteiger partial charge in [-0.1, -0.05) is 25.1 Å². The first-order valence-corrected chi connectivity index (χ1v) is 9.24. The number of nitriles is 1. The van der Waals surface area contributed by atoms with Crippen LogP contribution in [0.4, 0.5) is 0 Å². The van der Waals surface area contributed by atoms with Crippen molar-refractivity contribution in [3.05, 3.63) is 59.8 Å². The third-order valence-electron chi connectivity index (χ3n) is 3.94. The molecule has 1 heterocycles. The number of aryl methyl sites for hydroxylation is 1. The molecule has 0 saturated carbocycles. The molecule has 0 aliphatic carbocycles. The Morgan fingerprint density at radius 3 is 2.50 bits per heavy atom. The summed E-state index contributed by atoms with van der Waals surface area (Å²) >= 11 is 0. The van der Waals surface area contributed by atoms with E-state index in [0.717, 1.165) is 22.2 Å². The van der Waals surface area contributed by atoms with Gasteiger partial charge in [0.25, 0.3) is 0 Å². The van der Waals surface area contributed by atoms with E-state index in [9.17, 15) is 13.7 Å². The Kier molecular flexibility index (Phi) is 4.08. The fourth-order valence-electron chi connectivity index (χ4n) is 2.58. The van der Waals surface area contributed by atoms with Crippen LogP contribution in [0.15, 0.2) is 53.4 Å². The lowest BCUT2D eigenvalue weighted by molar-refractivity contribution is 0.597. The topological polar surface area (TPSA) is 70.8 Å². The molecule has 0 unspecified atom stereocenters. The first kappa shape index (κ1) is 16.2. The van der Waals surface area contributed by atoms with Gasteiger partial charge in [0, 0.05) is 11.1 Å². The van der Waals surface area contributed by atoms with Crippen LogP contribution in [0.5, 0.6) is 0 Å². The van der Waals surface area contributed by atoms with Crippen LogP contribution in [0.3, 0.4) is 0 Å². The van der Waals surface area contributed by atoms with Crippen molar-refractivity contribution in [3.8, 4) is 17.2 Å². The highest BCUT2D eigenvalue weighted by Crippen LogP contribution is 2.27. The van der Waals surface area contributed by atoms with Crippen molar-refractivity contribution in [2.75, 3.05) is 5.75 Å². The number of fused-ring (bicyclic) bond motifs is 1. The largest absolute Gasteiger partial charge is 0.253 e. The summed E-state index contributed by atoms with van der Waals surface area (Å²) in [6.45, 7) is 3.52. The summed E-state index contributed by atoms with van der Waals surface area (Å²) in [5.74, 6) is -0.000206. The number of pyridine rings is 1. The molecule has 0 N–H and O–H groups in total. The second kappa shape index (κ2) is 6.06. The zero-order valence-electron chi connectivity index (χ0n) is 13.4. The molecule has 0 amide bonds. The van der Waals surface area contributed by atoms with E-state index in [0.29, 0.717) is 11.1 Å². The van der Waals surface area contributed by atoms with Gasteiger partial charge in [0.2, 0.25) is 0 Å². The standard InChI is InChI=1S/C19H16N2O2S/c1-3-24(22,23)18-9-14(12-20)8-17(10-18)16-7-6-15-5-4-13(2)21-19(15)11-16/h4-11H,3H2,1-2H3. The zero-order valence-corrected chi connectivity index (χ0v) is 14.3. The van der Waals surface area contributed by atoms with Crippen LogP contribution >= 0.6 is 0 Å². The molecule has 2 aromatic carbocycles. The molecule has 0 fully saturated rings. The van der Waals surface area contributed by atoms with Crippen LogP contribution in [0.1, 0.15) is 18.2 Å². The average Bonchev–Trinajstić information content (AvgIpc) is 2.60. The first-order chi connectivity index (χ1) is 11.4. The van der Waals surface area contributed by atoms with Gasteiger partial charge in [0.05, 0.1) is 27.8 Å². The predicted octanol–water partition coefficient (Wildman–Crippen LogP) is 3.88. The van der Waals surface area contributed by atoms with Crippen molar-refractivity contribution >= 4 is 20.7 Å². The van der Waals surface area contributed by atoms with Crippen molar-refractivity contribution in [2.45, 2.75) is 18.7 Å². The van der Waals surface area contributed by atoms with Gasteiger partial charge >= 0.3 is 0 Å². The second-order valence-corrected chi connectivity index (χ2v) is 7.90. The fourth-order valence-corrected chi connectivity index (χ4v) is 3.52. The molecule has 1 aromatic heterocycles. The Bertz CT molecular complexity index is 1080. The SMILES string of the molecule is CCS(=O)(=O)c1cc(C#N)cc(-c2ccc3ccc(C)nc3c2)c1. The number of hydrogen-bond donors (Lipinski definition) is 0. The summed E-state index contributed by atoms with van der Waals surface area (Å²) in [7, 11) is -3.38. The fraction of sp³-hybridized carbons (Fsp3) is 0.158. The number of aromatic nitrogens is 1. The van der Waals surface area contributed by atoms with Crippen molar-refractivity contribution in [3.63, 3.8) is 0 Å². The molecule has 0 radical (unpaired) electrons. The highest BCUT2D eigenvalue weighted by molar-refractivity contribution is 7.91. The minimum Gasteiger partial charge on any atom is -0.253 e. The number of sulfone groups is 1. The van der Waals surface area contributed by atoms with E-state index in [-0.39, 0.29) is 10.6 Å². The molecule has 0 aliphatic heterocycles. The Balaban J connectivity index is 2.22. The van der Waals surface area contributed by atoms with Crippen LogP contribution in [0.2, 0.25) is 0 Å². The summed E-state index contributed by atoms with van der Waals surface area (Å²) in [4.78, 5) is 4.69. The van der Waals surface area contributed by atoms with Gasteiger partial charge in [-0.15, -0.1) is 0 Å². The van der Waals surface area contributed by atoms with Gasteiger partial charge in [-0.05, 0) is 48.4 Å². The monoisotopic (exact) mass is 336 g/mol. The maximum absolute atomic E-state index is 12.2. The van der Waals surface area contributed by atoms with Crippen LogP contribution in [-0.2, 0) is 9.84 Å². The molecular formula is C19H16N2O2S. The Hall–Kier alpha value is -2.71. The second-order valence-electron chi connectivity index (χ2n) is 5.62. The lowest BCUT2D eigenvalue weighted by Crippen LogP contribution is -2.04. The van der Waals surface area contributed by atoms with Gasteiger partial charge < -0.3 is 0 Å². The maximum Gasteiger partial charge on any atom is 0.178 e. The van der Waals surface area contributed by atoms with Crippen molar-refractivity contribution in [2.24, 2.45) is 0 Å². The molecule has 0 aliphatic rings. The Morgan fingerprint density at radius 2 is 1.79 bits per heavy atom. The van der Waals surface area contributed by atoms with Crippen LogP contribution < -0.4 is 0 Å². The smallest absolute Gasteiger partial charge is 0.178 e. The number of benzene rings is 2. The van der Waals surface area contributed by atoms with E-state index < -0.39 is 9.84 Å². The molecule has 120 valence electrons. The minimum atomic E-state index is -3.38. The highest BCUT2D eigenvalue weighted by Gasteiger charge is 2.14.